The monoisotopic (exact) mass is 388 g/mol. The molecule has 2 amide bonds. The van der Waals surface area contributed by atoms with Crippen molar-refractivity contribution < 1.29 is 17.9 Å². The van der Waals surface area contributed by atoms with Crippen LogP contribution >= 0.6 is 0 Å². The zero-order valence-electron chi connectivity index (χ0n) is 15.3. The van der Waals surface area contributed by atoms with E-state index in [1.165, 1.54) is 0 Å². The van der Waals surface area contributed by atoms with Crippen LogP contribution in [0, 0.1) is 0 Å². The Morgan fingerprint density at radius 3 is 2.48 bits per heavy atom. The van der Waals surface area contributed by atoms with Crippen molar-refractivity contribution in [2.45, 2.75) is 12.5 Å². The average Bonchev–Trinajstić information content (AvgIpc) is 2.87. The molecule has 0 saturated carbocycles. The Labute approximate surface area is 160 Å². The molecule has 144 valence electrons. The Kier molecular flexibility index (Phi) is 6.01. The number of para-hydroxylation sites is 1. The third-order valence-corrected chi connectivity index (χ3v) is 6.41. The summed E-state index contributed by atoms with van der Waals surface area (Å²) in [5.41, 5.74) is 1.78. The van der Waals surface area contributed by atoms with Gasteiger partial charge in [-0.25, -0.2) is 13.2 Å². The van der Waals surface area contributed by atoms with Crippen LogP contribution in [0.15, 0.2) is 54.6 Å². The van der Waals surface area contributed by atoms with Gasteiger partial charge in [-0.05, 0) is 18.1 Å². The summed E-state index contributed by atoms with van der Waals surface area (Å²) in [5.74, 6) is 0.821. The third-order valence-electron chi connectivity index (χ3n) is 4.69. The molecule has 1 unspecified atom stereocenters. The zero-order valence-corrected chi connectivity index (χ0v) is 16.1. The largest absolute Gasteiger partial charge is 0.496 e. The minimum atomic E-state index is -3.07. The summed E-state index contributed by atoms with van der Waals surface area (Å²) in [6, 6.07) is 16.6. The molecule has 7 heteroatoms. The molecule has 2 aromatic carbocycles. The fraction of sp³-hybridized carbons (Fsp3) is 0.350. The lowest BCUT2D eigenvalue weighted by Crippen LogP contribution is -2.43. The maximum atomic E-state index is 12.9. The number of hydrogen-bond donors (Lipinski definition) is 1. The number of methoxy groups -OCH3 is 1. The Bertz CT molecular complexity index is 884. The van der Waals surface area contributed by atoms with Crippen molar-refractivity contribution in [3.63, 3.8) is 0 Å². The molecule has 1 heterocycles. The number of rotatable bonds is 4. The standard InChI is InChI=1S/C20H24N2O4S/c1-26-18-11-6-5-10-17(18)19(16-8-3-2-4-9-16)21-20(23)22-12-7-14-27(24,25)15-13-22/h2-6,8-11,19H,7,12-15H2,1H3,(H,21,23). The topological polar surface area (TPSA) is 75.7 Å². The molecule has 1 N–H and O–H groups in total. The summed E-state index contributed by atoms with van der Waals surface area (Å²) < 4.78 is 29.1. The van der Waals surface area contributed by atoms with Crippen LogP contribution in [0.25, 0.3) is 0 Å². The van der Waals surface area contributed by atoms with E-state index in [9.17, 15) is 13.2 Å². The maximum Gasteiger partial charge on any atom is 0.318 e. The normalized spacial score (nSPS) is 17.6. The lowest BCUT2D eigenvalue weighted by atomic mass is 9.98. The highest BCUT2D eigenvalue weighted by molar-refractivity contribution is 7.91. The first kappa shape index (κ1) is 19.2. The Morgan fingerprint density at radius 1 is 1.04 bits per heavy atom. The van der Waals surface area contributed by atoms with Gasteiger partial charge < -0.3 is 15.0 Å². The van der Waals surface area contributed by atoms with E-state index in [0.717, 1.165) is 11.1 Å². The van der Waals surface area contributed by atoms with Crippen molar-refractivity contribution in [1.29, 1.82) is 0 Å². The molecule has 0 aromatic heterocycles. The Morgan fingerprint density at radius 2 is 1.74 bits per heavy atom. The van der Waals surface area contributed by atoms with E-state index in [0.29, 0.717) is 18.7 Å². The van der Waals surface area contributed by atoms with Crippen LogP contribution in [0.1, 0.15) is 23.6 Å². The summed E-state index contributed by atoms with van der Waals surface area (Å²) in [7, 11) is -1.47. The van der Waals surface area contributed by atoms with Gasteiger partial charge in [0.15, 0.2) is 9.84 Å². The van der Waals surface area contributed by atoms with Crippen molar-refractivity contribution in [1.82, 2.24) is 10.2 Å². The van der Waals surface area contributed by atoms with E-state index in [1.807, 2.05) is 54.6 Å². The second-order valence-corrected chi connectivity index (χ2v) is 8.83. The van der Waals surface area contributed by atoms with Crippen molar-refractivity contribution in [2.24, 2.45) is 0 Å². The van der Waals surface area contributed by atoms with Gasteiger partial charge >= 0.3 is 6.03 Å². The number of nitrogens with one attached hydrogen (secondary N) is 1. The molecule has 1 aliphatic rings. The average molecular weight is 388 g/mol. The van der Waals surface area contributed by atoms with Crippen LogP contribution in [0.2, 0.25) is 0 Å². The fourth-order valence-corrected chi connectivity index (χ4v) is 4.52. The van der Waals surface area contributed by atoms with Crippen molar-refractivity contribution in [3.05, 3.63) is 65.7 Å². The highest BCUT2D eigenvalue weighted by atomic mass is 32.2. The number of sulfone groups is 1. The lowest BCUT2D eigenvalue weighted by molar-refractivity contribution is 0.199. The molecule has 3 rings (SSSR count). The molecule has 1 atom stereocenters. The minimum absolute atomic E-state index is 0.00504. The maximum absolute atomic E-state index is 12.9. The highest BCUT2D eigenvalue weighted by Crippen LogP contribution is 2.30. The molecule has 0 radical (unpaired) electrons. The van der Waals surface area contributed by atoms with Crippen molar-refractivity contribution in [2.75, 3.05) is 31.7 Å². The number of urea groups is 1. The molecule has 2 aromatic rings. The van der Waals surface area contributed by atoms with E-state index in [-0.39, 0.29) is 24.1 Å². The summed E-state index contributed by atoms with van der Waals surface area (Å²) in [4.78, 5) is 14.5. The molecule has 0 spiro atoms. The Balaban J connectivity index is 1.87. The molecule has 0 bridgehead atoms. The smallest absolute Gasteiger partial charge is 0.318 e. The van der Waals surface area contributed by atoms with Crippen LogP contribution in [-0.4, -0.2) is 51.1 Å². The van der Waals surface area contributed by atoms with E-state index < -0.39 is 15.9 Å². The third kappa shape index (κ3) is 4.80. The number of carbonyl (C=O) groups is 1. The second-order valence-electron chi connectivity index (χ2n) is 6.53. The van der Waals surface area contributed by atoms with Gasteiger partial charge in [0, 0.05) is 18.7 Å². The van der Waals surface area contributed by atoms with Crippen LogP contribution < -0.4 is 10.1 Å². The van der Waals surface area contributed by atoms with Gasteiger partial charge in [0.2, 0.25) is 0 Å². The lowest BCUT2D eigenvalue weighted by Gasteiger charge is -2.26. The number of carbonyl (C=O) groups excluding carboxylic acids is 1. The molecular weight excluding hydrogens is 364 g/mol. The Hall–Kier alpha value is -2.54. The second kappa shape index (κ2) is 8.43. The molecule has 1 fully saturated rings. The predicted molar refractivity (Wildman–Crippen MR) is 105 cm³/mol. The molecule has 1 saturated heterocycles. The first-order valence-electron chi connectivity index (χ1n) is 8.94. The first-order valence-corrected chi connectivity index (χ1v) is 10.8. The molecule has 27 heavy (non-hydrogen) atoms. The van der Waals surface area contributed by atoms with E-state index >= 15 is 0 Å². The van der Waals surface area contributed by atoms with Gasteiger partial charge in [0.05, 0.1) is 24.7 Å². The number of benzene rings is 2. The summed E-state index contributed by atoms with van der Waals surface area (Å²) >= 11 is 0. The van der Waals surface area contributed by atoms with Crippen LogP contribution in [0.5, 0.6) is 5.75 Å². The molecule has 0 aliphatic carbocycles. The quantitative estimate of drug-likeness (QED) is 0.874. The van der Waals surface area contributed by atoms with Crippen molar-refractivity contribution >= 4 is 15.9 Å². The highest BCUT2D eigenvalue weighted by Gasteiger charge is 2.26. The van der Waals surface area contributed by atoms with E-state index in [4.69, 9.17) is 4.74 Å². The van der Waals surface area contributed by atoms with Crippen LogP contribution in [0.3, 0.4) is 0 Å². The minimum Gasteiger partial charge on any atom is -0.496 e. The molecule has 6 nitrogen and oxygen atoms in total. The summed E-state index contributed by atoms with van der Waals surface area (Å²) in [6.07, 6.45) is 0.459. The van der Waals surface area contributed by atoms with Gasteiger partial charge in [-0.15, -0.1) is 0 Å². The van der Waals surface area contributed by atoms with Crippen molar-refractivity contribution in [3.8, 4) is 5.75 Å². The van der Waals surface area contributed by atoms with Gasteiger partial charge in [0.1, 0.15) is 5.75 Å². The number of nitrogens with zero attached hydrogens (tertiary/aromatic N) is 1. The first-order chi connectivity index (χ1) is 13.0. The van der Waals surface area contributed by atoms with E-state index in [2.05, 4.69) is 5.32 Å². The van der Waals surface area contributed by atoms with Crippen LogP contribution in [0.4, 0.5) is 4.79 Å². The molecule has 1 aliphatic heterocycles. The number of ether oxygens (including phenoxy) is 1. The van der Waals surface area contributed by atoms with Gasteiger partial charge in [0.25, 0.3) is 0 Å². The van der Waals surface area contributed by atoms with Crippen LogP contribution in [-0.2, 0) is 9.84 Å². The predicted octanol–water partition coefficient (Wildman–Crippen LogP) is 2.61. The SMILES string of the molecule is COc1ccccc1C(NC(=O)N1CCCS(=O)(=O)CC1)c1ccccc1. The molecular formula is C20H24N2O4S. The number of hydrogen-bond acceptors (Lipinski definition) is 4. The fourth-order valence-electron chi connectivity index (χ4n) is 3.25. The summed E-state index contributed by atoms with van der Waals surface area (Å²) in [6.45, 7) is 0.639. The number of amides is 2. The van der Waals surface area contributed by atoms with Gasteiger partial charge in [-0.3, -0.25) is 0 Å². The van der Waals surface area contributed by atoms with Gasteiger partial charge in [-0.1, -0.05) is 48.5 Å². The van der Waals surface area contributed by atoms with E-state index in [1.54, 1.807) is 12.0 Å². The summed E-state index contributed by atoms with van der Waals surface area (Å²) in [5, 5.41) is 3.06. The zero-order chi connectivity index (χ0) is 19.3. The van der Waals surface area contributed by atoms with Gasteiger partial charge in [-0.2, -0.15) is 0 Å².